The third-order valence-corrected chi connectivity index (χ3v) is 3.14. The van der Waals surface area contributed by atoms with Crippen LogP contribution in [0.4, 0.5) is 19.3 Å². The lowest BCUT2D eigenvalue weighted by molar-refractivity contribution is -0.147. The first-order valence-electron chi connectivity index (χ1n) is 6.02. The standard InChI is InChI=1S/C13H16F2N2O3/c1-3-13(2,11(18)19)7-16-12(20)17-9-6-4-5-8(14)10(9)15/h4-6H,3,7H2,1-2H3,(H,18,19)(H2,16,17,20). The number of carbonyl (C=O) groups is 2. The number of halogens is 2. The maximum Gasteiger partial charge on any atom is 0.319 e. The number of carbonyl (C=O) groups excluding carboxylic acids is 1. The molecule has 0 aliphatic carbocycles. The zero-order valence-electron chi connectivity index (χ0n) is 11.2. The molecule has 2 amide bonds. The summed E-state index contributed by atoms with van der Waals surface area (Å²) in [6.45, 7) is 3.04. The fourth-order valence-corrected chi connectivity index (χ4v) is 1.39. The van der Waals surface area contributed by atoms with Gasteiger partial charge in [-0.15, -0.1) is 0 Å². The van der Waals surface area contributed by atoms with Gasteiger partial charge < -0.3 is 15.7 Å². The molecular formula is C13H16F2N2O3. The number of nitrogens with one attached hydrogen (secondary N) is 2. The van der Waals surface area contributed by atoms with Crippen LogP contribution in [0.5, 0.6) is 0 Å². The van der Waals surface area contributed by atoms with E-state index in [1.807, 2.05) is 0 Å². The molecule has 1 aromatic rings. The third kappa shape index (κ3) is 3.66. The highest BCUT2D eigenvalue weighted by atomic mass is 19.2. The minimum absolute atomic E-state index is 0.123. The Morgan fingerprint density at radius 1 is 1.35 bits per heavy atom. The van der Waals surface area contributed by atoms with Crippen LogP contribution >= 0.6 is 0 Å². The maximum atomic E-state index is 13.3. The number of aliphatic carboxylic acids is 1. The number of carboxylic acids is 1. The van der Waals surface area contributed by atoms with E-state index in [1.165, 1.54) is 19.1 Å². The van der Waals surface area contributed by atoms with Gasteiger partial charge in [0.25, 0.3) is 0 Å². The first-order chi connectivity index (χ1) is 9.30. The number of benzene rings is 1. The van der Waals surface area contributed by atoms with Crippen LogP contribution in [-0.2, 0) is 4.79 Å². The smallest absolute Gasteiger partial charge is 0.319 e. The largest absolute Gasteiger partial charge is 0.481 e. The van der Waals surface area contributed by atoms with Crippen LogP contribution in [-0.4, -0.2) is 23.7 Å². The van der Waals surface area contributed by atoms with Gasteiger partial charge in [-0.1, -0.05) is 13.0 Å². The van der Waals surface area contributed by atoms with Crippen molar-refractivity contribution in [3.8, 4) is 0 Å². The van der Waals surface area contributed by atoms with Crippen molar-refractivity contribution < 1.29 is 23.5 Å². The monoisotopic (exact) mass is 286 g/mol. The summed E-state index contributed by atoms with van der Waals surface area (Å²) in [7, 11) is 0. The van der Waals surface area contributed by atoms with Gasteiger partial charge >= 0.3 is 12.0 Å². The summed E-state index contributed by atoms with van der Waals surface area (Å²) in [6, 6.07) is 2.59. The van der Waals surface area contributed by atoms with Crippen LogP contribution in [0.2, 0.25) is 0 Å². The zero-order chi connectivity index (χ0) is 15.3. The molecule has 0 radical (unpaired) electrons. The van der Waals surface area contributed by atoms with Gasteiger partial charge in [-0.25, -0.2) is 13.6 Å². The summed E-state index contributed by atoms with van der Waals surface area (Å²) in [4.78, 5) is 22.6. The second kappa shape index (κ2) is 6.31. The average Bonchev–Trinajstić information content (AvgIpc) is 2.41. The van der Waals surface area contributed by atoms with E-state index in [0.29, 0.717) is 6.42 Å². The van der Waals surface area contributed by atoms with Crippen molar-refractivity contribution in [1.82, 2.24) is 5.32 Å². The average molecular weight is 286 g/mol. The van der Waals surface area contributed by atoms with Gasteiger partial charge in [0.1, 0.15) is 0 Å². The molecule has 7 heteroatoms. The van der Waals surface area contributed by atoms with E-state index < -0.39 is 29.0 Å². The Morgan fingerprint density at radius 3 is 2.55 bits per heavy atom. The molecular weight excluding hydrogens is 270 g/mol. The van der Waals surface area contributed by atoms with Crippen LogP contribution in [0.3, 0.4) is 0 Å². The van der Waals surface area contributed by atoms with E-state index in [0.717, 1.165) is 6.07 Å². The molecule has 0 aliphatic rings. The number of hydrogen-bond acceptors (Lipinski definition) is 2. The molecule has 0 fully saturated rings. The minimum atomic E-state index is -1.17. The minimum Gasteiger partial charge on any atom is -0.481 e. The highest BCUT2D eigenvalue weighted by Crippen LogP contribution is 2.20. The van der Waals surface area contributed by atoms with Gasteiger partial charge in [-0.3, -0.25) is 4.79 Å². The van der Waals surface area contributed by atoms with Crippen molar-refractivity contribution in [2.75, 3.05) is 11.9 Å². The summed E-state index contributed by atoms with van der Waals surface area (Å²) in [6.07, 6.45) is 0.316. The quantitative estimate of drug-likeness (QED) is 0.778. The van der Waals surface area contributed by atoms with Crippen LogP contribution in [0.15, 0.2) is 18.2 Å². The number of carboxylic acid groups (broad SMARTS) is 1. The molecule has 110 valence electrons. The Kier molecular flexibility index (Phi) is 5.01. The number of hydrogen-bond donors (Lipinski definition) is 3. The van der Waals surface area contributed by atoms with Crippen molar-refractivity contribution in [1.29, 1.82) is 0 Å². The van der Waals surface area contributed by atoms with E-state index in [1.54, 1.807) is 6.92 Å². The Hall–Kier alpha value is -2.18. The summed E-state index contributed by atoms with van der Waals surface area (Å²) in [5.41, 5.74) is -1.42. The van der Waals surface area contributed by atoms with Gasteiger partial charge in [0.05, 0.1) is 11.1 Å². The van der Waals surface area contributed by atoms with E-state index >= 15 is 0 Å². The van der Waals surface area contributed by atoms with Crippen LogP contribution < -0.4 is 10.6 Å². The lowest BCUT2D eigenvalue weighted by Crippen LogP contribution is -2.42. The van der Waals surface area contributed by atoms with Gasteiger partial charge in [-0.05, 0) is 25.5 Å². The fraction of sp³-hybridized carbons (Fsp3) is 0.385. The summed E-state index contributed by atoms with van der Waals surface area (Å²) >= 11 is 0. The fourth-order valence-electron chi connectivity index (χ4n) is 1.39. The molecule has 0 bridgehead atoms. The van der Waals surface area contributed by atoms with Crippen LogP contribution in [0.25, 0.3) is 0 Å². The molecule has 0 saturated carbocycles. The van der Waals surface area contributed by atoms with Crippen molar-refractivity contribution in [2.45, 2.75) is 20.3 Å². The number of anilines is 1. The lowest BCUT2D eigenvalue weighted by Gasteiger charge is -2.23. The first-order valence-corrected chi connectivity index (χ1v) is 6.02. The molecule has 1 atom stereocenters. The Bertz CT molecular complexity index is 522. The number of urea groups is 1. The normalized spacial score (nSPS) is 13.4. The Morgan fingerprint density at radius 2 is 2.00 bits per heavy atom. The van der Waals surface area contributed by atoms with Crippen molar-refractivity contribution in [3.05, 3.63) is 29.8 Å². The van der Waals surface area contributed by atoms with Gasteiger partial charge in [0.15, 0.2) is 11.6 Å². The SMILES string of the molecule is CCC(C)(CNC(=O)Nc1cccc(F)c1F)C(=O)O. The lowest BCUT2D eigenvalue weighted by atomic mass is 9.88. The van der Waals surface area contributed by atoms with Crippen molar-refractivity contribution >= 4 is 17.7 Å². The second-order valence-electron chi connectivity index (χ2n) is 4.63. The molecule has 1 unspecified atom stereocenters. The molecule has 0 spiro atoms. The molecule has 0 aromatic heterocycles. The topological polar surface area (TPSA) is 78.4 Å². The Labute approximate surface area is 115 Å². The maximum absolute atomic E-state index is 13.3. The molecule has 1 rings (SSSR count). The summed E-state index contributed by atoms with van der Waals surface area (Å²) < 4.78 is 26.3. The van der Waals surface area contributed by atoms with Crippen molar-refractivity contribution in [2.24, 2.45) is 5.41 Å². The van der Waals surface area contributed by atoms with E-state index in [9.17, 15) is 18.4 Å². The Balaban J connectivity index is 2.65. The first kappa shape index (κ1) is 15.9. The molecule has 3 N–H and O–H groups in total. The molecule has 20 heavy (non-hydrogen) atoms. The molecule has 1 aromatic carbocycles. The third-order valence-electron chi connectivity index (χ3n) is 3.14. The van der Waals surface area contributed by atoms with E-state index in [4.69, 9.17) is 5.11 Å². The predicted molar refractivity (Wildman–Crippen MR) is 69.4 cm³/mol. The number of amides is 2. The summed E-state index contributed by atoms with van der Waals surface area (Å²) in [5.74, 6) is -3.29. The van der Waals surface area contributed by atoms with E-state index in [-0.39, 0.29) is 12.2 Å². The van der Waals surface area contributed by atoms with Crippen LogP contribution in [0, 0.1) is 17.0 Å². The summed E-state index contributed by atoms with van der Waals surface area (Å²) in [5, 5.41) is 13.5. The van der Waals surface area contributed by atoms with Gasteiger partial charge in [0, 0.05) is 6.54 Å². The number of rotatable bonds is 5. The molecule has 5 nitrogen and oxygen atoms in total. The molecule has 0 aliphatic heterocycles. The highest BCUT2D eigenvalue weighted by Gasteiger charge is 2.31. The predicted octanol–water partition coefficient (Wildman–Crippen LogP) is 2.59. The highest BCUT2D eigenvalue weighted by molar-refractivity contribution is 5.89. The van der Waals surface area contributed by atoms with Crippen LogP contribution in [0.1, 0.15) is 20.3 Å². The van der Waals surface area contributed by atoms with Gasteiger partial charge in [-0.2, -0.15) is 0 Å². The zero-order valence-corrected chi connectivity index (χ0v) is 11.2. The van der Waals surface area contributed by atoms with Crippen molar-refractivity contribution in [3.63, 3.8) is 0 Å². The van der Waals surface area contributed by atoms with Gasteiger partial charge in [0.2, 0.25) is 0 Å². The molecule has 0 heterocycles. The molecule has 0 saturated heterocycles. The van der Waals surface area contributed by atoms with E-state index in [2.05, 4.69) is 10.6 Å². The second-order valence-corrected chi connectivity index (χ2v) is 4.63.